The Morgan fingerprint density at radius 1 is 1.14 bits per heavy atom. The van der Waals surface area contributed by atoms with E-state index < -0.39 is 28.3 Å². The van der Waals surface area contributed by atoms with Gasteiger partial charge in [0.1, 0.15) is 10.7 Å². The second-order valence-corrected chi connectivity index (χ2v) is 6.46. The van der Waals surface area contributed by atoms with Crippen LogP contribution in [0.2, 0.25) is 5.02 Å². The standard InChI is InChI=1S/C14H12ClFN2O3S/c15-12-6-1-2-7-13(12)22(20,21)17-9-14(19)18-11-5-3-4-10(16)8-11/h1-8,17H,9H2,(H,18,19). The lowest BCUT2D eigenvalue weighted by molar-refractivity contribution is -0.115. The van der Waals surface area contributed by atoms with E-state index >= 15 is 0 Å². The molecule has 0 aliphatic rings. The predicted octanol–water partition coefficient (Wildman–Crippen LogP) is 2.40. The average molecular weight is 343 g/mol. The molecular weight excluding hydrogens is 331 g/mol. The van der Waals surface area contributed by atoms with E-state index in [0.717, 1.165) is 6.07 Å². The third-order valence-corrected chi connectivity index (χ3v) is 4.56. The summed E-state index contributed by atoms with van der Waals surface area (Å²) < 4.78 is 39.2. The highest BCUT2D eigenvalue weighted by atomic mass is 35.5. The van der Waals surface area contributed by atoms with Crippen molar-refractivity contribution in [3.63, 3.8) is 0 Å². The Morgan fingerprint density at radius 3 is 2.55 bits per heavy atom. The number of carbonyl (C=O) groups is 1. The molecular formula is C14H12ClFN2O3S. The lowest BCUT2D eigenvalue weighted by Gasteiger charge is -2.09. The first-order valence-electron chi connectivity index (χ1n) is 6.18. The molecule has 2 aromatic carbocycles. The number of hydrogen-bond donors (Lipinski definition) is 2. The Hall–Kier alpha value is -1.96. The molecule has 0 aliphatic carbocycles. The average Bonchev–Trinajstić information content (AvgIpc) is 2.45. The minimum atomic E-state index is -3.90. The number of hydrogen-bond acceptors (Lipinski definition) is 3. The first kappa shape index (κ1) is 16.4. The van der Waals surface area contributed by atoms with Crippen molar-refractivity contribution in [3.8, 4) is 0 Å². The largest absolute Gasteiger partial charge is 0.325 e. The predicted molar refractivity (Wildman–Crippen MR) is 81.7 cm³/mol. The summed E-state index contributed by atoms with van der Waals surface area (Å²) in [4.78, 5) is 11.6. The minimum Gasteiger partial charge on any atom is -0.325 e. The molecule has 5 nitrogen and oxygen atoms in total. The van der Waals surface area contributed by atoms with Gasteiger partial charge in [0.15, 0.2) is 0 Å². The van der Waals surface area contributed by atoms with Gasteiger partial charge in [0.05, 0.1) is 11.6 Å². The van der Waals surface area contributed by atoms with E-state index in [-0.39, 0.29) is 15.6 Å². The van der Waals surface area contributed by atoms with Crippen molar-refractivity contribution in [1.82, 2.24) is 4.72 Å². The fraction of sp³-hybridized carbons (Fsp3) is 0.0714. The maximum absolute atomic E-state index is 13.0. The van der Waals surface area contributed by atoms with Gasteiger partial charge in [-0.2, -0.15) is 0 Å². The Bertz CT molecular complexity index is 796. The van der Waals surface area contributed by atoms with Crippen molar-refractivity contribution >= 4 is 33.2 Å². The lowest BCUT2D eigenvalue weighted by Crippen LogP contribution is -2.33. The zero-order valence-corrected chi connectivity index (χ0v) is 12.8. The molecule has 22 heavy (non-hydrogen) atoms. The number of rotatable bonds is 5. The molecule has 2 rings (SSSR count). The van der Waals surface area contributed by atoms with E-state index in [0.29, 0.717) is 0 Å². The second kappa shape index (κ2) is 6.87. The number of carbonyl (C=O) groups excluding carboxylic acids is 1. The van der Waals surface area contributed by atoms with E-state index in [4.69, 9.17) is 11.6 Å². The van der Waals surface area contributed by atoms with E-state index in [9.17, 15) is 17.6 Å². The van der Waals surface area contributed by atoms with Crippen molar-refractivity contribution in [3.05, 3.63) is 59.4 Å². The molecule has 0 bridgehead atoms. The van der Waals surface area contributed by atoms with Gasteiger partial charge < -0.3 is 5.32 Å². The maximum atomic E-state index is 13.0. The van der Waals surface area contributed by atoms with Crippen LogP contribution in [0, 0.1) is 5.82 Å². The summed E-state index contributed by atoms with van der Waals surface area (Å²) in [6.07, 6.45) is 0. The topological polar surface area (TPSA) is 75.3 Å². The smallest absolute Gasteiger partial charge is 0.242 e. The van der Waals surface area contributed by atoms with Crippen LogP contribution in [0.3, 0.4) is 0 Å². The minimum absolute atomic E-state index is 0.0561. The van der Waals surface area contributed by atoms with Crippen molar-refractivity contribution < 1.29 is 17.6 Å². The van der Waals surface area contributed by atoms with Gasteiger partial charge in [-0.15, -0.1) is 0 Å². The van der Waals surface area contributed by atoms with Crippen LogP contribution in [0.5, 0.6) is 0 Å². The summed E-state index contributed by atoms with van der Waals surface area (Å²) in [6.45, 7) is -0.496. The van der Waals surface area contributed by atoms with Crippen LogP contribution in [-0.4, -0.2) is 20.9 Å². The van der Waals surface area contributed by atoms with Gasteiger partial charge in [0, 0.05) is 5.69 Å². The zero-order chi connectivity index (χ0) is 16.2. The van der Waals surface area contributed by atoms with E-state index in [2.05, 4.69) is 10.0 Å². The maximum Gasteiger partial charge on any atom is 0.242 e. The Labute approximate surface area is 132 Å². The molecule has 0 atom stereocenters. The van der Waals surface area contributed by atoms with Gasteiger partial charge in [0.2, 0.25) is 15.9 Å². The summed E-state index contributed by atoms with van der Waals surface area (Å²) in [5, 5.41) is 2.44. The number of sulfonamides is 1. The molecule has 0 unspecified atom stereocenters. The monoisotopic (exact) mass is 342 g/mol. The van der Waals surface area contributed by atoms with Crippen molar-refractivity contribution in [2.45, 2.75) is 4.90 Å². The molecule has 2 N–H and O–H groups in total. The number of amides is 1. The van der Waals surface area contributed by atoms with Crippen LogP contribution in [0.1, 0.15) is 0 Å². The van der Waals surface area contributed by atoms with Crippen LogP contribution in [0.25, 0.3) is 0 Å². The summed E-state index contributed by atoms with van der Waals surface area (Å²) in [6, 6.07) is 11.2. The Balaban J connectivity index is 2.00. The fourth-order valence-electron chi connectivity index (χ4n) is 1.67. The molecule has 0 heterocycles. The summed E-state index contributed by atoms with van der Waals surface area (Å²) in [7, 11) is -3.90. The first-order chi connectivity index (χ1) is 10.4. The van der Waals surface area contributed by atoms with Gasteiger partial charge in [-0.1, -0.05) is 29.8 Å². The highest BCUT2D eigenvalue weighted by molar-refractivity contribution is 7.89. The molecule has 116 valence electrons. The molecule has 1 amide bonds. The van der Waals surface area contributed by atoms with Crippen molar-refractivity contribution in [2.75, 3.05) is 11.9 Å². The normalized spacial score (nSPS) is 11.2. The molecule has 0 saturated heterocycles. The van der Waals surface area contributed by atoms with Crippen LogP contribution in [0.15, 0.2) is 53.4 Å². The van der Waals surface area contributed by atoms with Gasteiger partial charge in [0.25, 0.3) is 0 Å². The molecule has 0 aromatic heterocycles. The molecule has 0 saturated carbocycles. The SMILES string of the molecule is O=C(CNS(=O)(=O)c1ccccc1Cl)Nc1cccc(F)c1. The first-order valence-corrected chi connectivity index (χ1v) is 8.04. The lowest BCUT2D eigenvalue weighted by atomic mass is 10.3. The van der Waals surface area contributed by atoms with Gasteiger partial charge in [-0.3, -0.25) is 4.79 Å². The third kappa shape index (κ3) is 4.27. The van der Waals surface area contributed by atoms with Crippen LogP contribution in [-0.2, 0) is 14.8 Å². The molecule has 0 radical (unpaired) electrons. The van der Waals surface area contributed by atoms with Gasteiger partial charge >= 0.3 is 0 Å². The number of anilines is 1. The van der Waals surface area contributed by atoms with E-state index in [1.54, 1.807) is 6.07 Å². The summed E-state index contributed by atoms with van der Waals surface area (Å²) in [5.41, 5.74) is 0.238. The van der Waals surface area contributed by atoms with E-state index in [1.807, 2.05) is 0 Å². The Morgan fingerprint density at radius 2 is 1.86 bits per heavy atom. The number of benzene rings is 2. The highest BCUT2D eigenvalue weighted by Crippen LogP contribution is 2.19. The van der Waals surface area contributed by atoms with Gasteiger partial charge in [-0.25, -0.2) is 17.5 Å². The fourth-order valence-corrected chi connectivity index (χ4v) is 3.17. The van der Waals surface area contributed by atoms with E-state index in [1.165, 1.54) is 36.4 Å². The van der Waals surface area contributed by atoms with Gasteiger partial charge in [-0.05, 0) is 30.3 Å². The van der Waals surface area contributed by atoms with Crippen molar-refractivity contribution in [2.24, 2.45) is 0 Å². The quantitative estimate of drug-likeness (QED) is 0.876. The highest BCUT2D eigenvalue weighted by Gasteiger charge is 2.18. The Kier molecular flexibility index (Phi) is 5.12. The molecule has 8 heteroatoms. The molecule has 2 aromatic rings. The summed E-state index contributed by atoms with van der Waals surface area (Å²) >= 11 is 5.81. The second-order valence-electron chi connectivity index (χ2n) is 4.31. The molecule has 0 fully saturated rings. The number of nitrogens with one attached hydrogen (secondary N) is 2. The summed E-state index contributed by atoms with van der Waals surface area (Å²) in [5.74, 6) is -1.13. The third-order valence-electron chi connectivity index (χ3n) is 2.66. The van der Waals surface area contributed by atoms with Crippen molar-refractivity contribution in [1.29, 1.82) is 0 Å². The molecule has 0 aliphatic heterocycles. The van der Waals surface area contributed by atoms with Crippen LogP contribution in [0.4, 0.5) is 10.1 Å². The number of halogens is 2. The van der Waals surface area contributed by atoms with Crippen LogP contribution >= 0.6 is 11.6 Å². The molecule has 0 spiro atoms. The zero-order valence-electron chi connectivity index (χ0n) is 11.2. The van der Waals surface area contributed by atoms with Crippen LogP contribution < -0.4 is 10.0 Å².